The highest BCUT2D eigenvalue weighted by Gasteiger charge is 2.26. The number of ether oxygens (including phenoxy) is 1. The molecule has 0 aromatic carbocycles. The molecule has 2 aromatic rings. The molecular formula is C26H35N5O3. The molecule has 1 unspecified atom stereocenters. The molecule has 0 amide bonds. The van der Waals surface area contributed by atoms with Gasteiger partial charge in [-0.3, -0.25) is 0 Å². The Labute approximate surface area is 201 Å². The van der Waals surface area contributed by atoms with Crippen molar-refractivity contribution in [3.63, 3.8) is 0 Å². The van der Waals surface area contributed by atoms with Gasteiger partial charge in [-0.15, -0.1) is 0 Å². The molecule has 1 aliphatic carbocycles. The number of aromatic nitrogens is 2. The predicted molar refractivity (Wildman–Crippen MR) is 134 cm³/mol. The normalized spacial score (nSPS) is 18.9. The van der Waals surface area contributed by atoms with Crippen LogP contribution in [-0.4, -0.2) is 59.1 Å². The second-order valence-corrected chi connectivity index (χ2v) is 9.63. The number of nitrogens with zero attached hydrogens (tertiary/aromatic N) is 3. The second kappa shape index (κ2) is 10.5. The van der Waals surface area contributed by atoms with Crippen molar-refractivity contribution in [3.05, 3.63) is 35.7 Å². The van der Waals surface area contributed by atoms with Crippen LogP contribution < -0.4 is 10.2 Å². The van der Waals surface area contributed by atoms with E-state index in [0.29, 0.717) is 22.7 Å². The summed E-state index contributed by atoms with van der Waals surface area (Å²) in [6.07, 6.45) is 8.52. The van der Waals surface area contributed by atoms with Crippen LogP contribution in [0.1, 0.15) is 68.4 Å². The molecule has 1 aliphatic heterocycles. The minimum atomic E-state index is -1.08. The molecule has 8 nitrogen and oxygen atoms in total. The van der Waals surface area contributed by atoms with Gasteiger partial charge in [0.2, 0.25) is 0 Å². The first kappa shape index (κ1) is 24.1. The zero-order valence-electron chi connectivity index (χ0n) is 20.3. The van der Waals surface area contributed by atoms with Crippen molar-refractivity contribution in [2.75, 3.05) is 30.4 Å². The third-order valence-corrected chi connectivity index (χ3v) is 6.89. The van der Waals surface area contributed by atoms with Crippen LogP contribution in [0.2, 0.25) is 0 Å². The Morgan fingerprint density at radius 1 is 1.24 bits per heavy atom. The zero-order valence-corrected chi connectivity index (χ0v) is 20.3. The Hall–Kier alpha value is -3.00. The Bertz CT molecular complexity index is 1030. The maximum atomic E-state index is 12.0. The predicted octanol–water partition coefficient (Wildman–Crippen LogP) is 4.84. The molecule has 1 saturated carbocycles. The van der Waals surface area contributed by atoms with Crippen LogP contribution in [0.5, 0.6) is 0 Å². The van der Waals surface area contributed by atoms with Crippen LogP contribution in [0.15, 0.2) is 24.4 Å². The van der Waals surface area contributed by atoms with Crippen LogP contribution in [-0.2, 0) is 4.74 Å². The van der Waals surface area contributed by atoms with E-state index in [4.69, 9.17) is 10.1 Å². The van der Waals surface area contributed by atoms with Crippen molar-refractivity contribution >= 4 is 23.3 Å². The highest BCUT2D eigenvalue weighted by atomic mass is 16.5. The topological polar surface area (TPSA) is 111 Å². The second-order valence-electron chi connectivity index (χ2n) is 9.63. The molecule has 1 saturated heterocycles. The molecule has 4 rings (SSSR count). The van der Waals surface area contributed by atoms with Gasteiger partial charge in [0.1, 0.15) is 11.6 Å². The standard InChI is InChI=1S/C26H35N5O3/c1-16(2)24(27)23-20(17-9-10-22(28-14-17)31-12-11-19(15-31)34-3)13-21(26(32)33)30-25(23)29-18-7-5-4-6-8-18/h9-10,13-14,16,18-19,27H,4-8,11-12,15H2,1-3H3,(H,29,30)(H,32,33). The average molecular weight is 466 g/mol. The molecule has 8 heteroatoms. The zero-order chi connectivity index (χ0) is 24.2. The van der Waals surface area contributed by atoms with E-state index < -0.39 is 5.97 Å². The molecule has 2 aromatic heterocycles. The molecule has 0 bridgehead atoms. The maximum absolute atomic E-state index is 12.0. The molecule has 2 fully saturated rings. The molecular weight excluding hydrogens is 430 g/mol. The summed E-state index contributed by atoms with van der Waals surface area (Å²) in [6.45, 7) is 5.65. The summed E-state index contributed by atoms with van der Waals surface area (Å²) in [5.41, 5.74) is 2.54. The van der Waals surface area contributed by atoms with E-state index >= 15 is 0 Å². The average Bonchev–Trinajstić information content (AvgIpc) is 3.33. The van der Waals surface area contributed by atoms with Gasteiger partial charge in [0.05, 0.1) is 6.10 Å². The Morgan fingerprint density at radius 2 is 2.00 bits per heavy atom. The molecule has 1 atom stereocenters. The van der Waals surface area contributed by atoms with Crippen LogP contribution >= 0.6 is 0 Å². The number of rotatable bonds is 8. The number of nitrogens with one attached hydrogen (secondary N) is 2. The highest BCUT2D eigenvalue weighted by Crippen LogP contribution is 2.34. The van der Waals surface area contributed by atoms with Crippen LogP contribution in [0, 0.1) is 11.3 Å². The minimum Gasteiger partial charge on any atom is -0.477 e. The third-order valence-electron chi connectivity index (χ3n) is 6.89. The van der Waals surface area contributed by atoms with Crippen LogP contribution in [0.4, 0.5) is 11.6 Å². The summed E-state index contributed by atoms with van der Waals surface area (Å²) in [6, 6.07) is 5.74. The van der Waals surface area contributed by atoms with E-state index in [1.807, 2.05) is 26.0 Å². The number of carboxylic acid groups (broad SMARTS) is 1. The number of carbonyl (C=O) groups is 1. The molecule has 182 valence electrons. The summed E-state index contributed by atoms with van der Waals surface area (Å²) in [5, 5.41) is 22.1. The van der Waals surface area contributed by atoms with Crippen molar-refractivity contribution in [2.24, 2.45) is 5.92 Å². The molecule has 3 N–H and O–H groups in total. The highest BCUT2D eigenvalue weighted by molar-refractivity contribution is 6.09. The maximum Gasteiger partial charge on any atom is 0.354 e. The van der Waals surface area contributed by atoms with Gasteiger partial charge in [-0.2, -0.15) is 0 Å². The molecule has 3 heterocycles. The Morgan fingerprint density at radius 3 is 2.59 bits per heavy atom. The fourth-order valence-corrected chi connectivity index (χ4v) is 4.85. The van der Waals surface area contributed by atoms with Gasteiger partial charge in [-0.05, 0) is 48.9 Å². The lowest BCUT2D eigenvalue weighted by Gasteiger charge is -2.26. The minimum absolute atomic E-state index is 0.0276. The molecule has 2 aliphatic rings. The number of methoxy groups -OCH3 is 1. The van der Waals surface area contributed by atoms with Crippen molar-refractivity contribution in [1.82, 2.24) is 9.97 Å². The first-order valence-electron chi connectivity index (χ1n) is 12.2. The van der Waals surface area contributed by atoms with E-state index in [9.17, 15) is 9.90 Å². The first-order valence-corrected chi connectivity index (χ1v) is 12.2. The van der Waals surface area contributed by atoms with Gasteiger partial charge in [0.15, 0.2) is 5.69 Å². The number of hydrogen-bond donors (Lipinski definition) is 3. The largest absolute Gasteiger partial charge is 0.477 e. The van der Waals surface area contributed by atoms with Gasteiger partial charge in [-0.25, -0.2) is 14.8 Å². The number of anilines is 2. The van der Waals surface area contributed by atoms with Gasteiger partial charge in [0, 0.05) is 49.3 Å². The van der Waals surface area contributed by atoms with E-state index in [2.05, 4.69) is 20.2 Å². The van der Waals surface area contributed by atoms with Gasteiger partial charge < -0.3 is 25.5 Å². The smallest absolute Gasteiger partial charge is 0.354 e. The Kier molecular flexibility index (Phi) is 7.46. The molecule has 0 spiro atoms. The quantitative estimate of drug-likeness (QED) is 0.479. The number of carboxylic acids is 1. The van der Waals surface area contributed by atoms with Gasteiger partial charge >= 0.3 is 5.97 Å². The van der Waals surface area contributed by atoms with Crippen molar-refractivity contribution < 1.29 is 14.6 Å². The summed E-state index contributed by atoms with van der Waals surface area (Å²) >= 11 is 0. The summed E-state index contributed by atoms with van der Waals surface area (Å²) in [4.78, 5) is 23.3. The molecule has 0 radical (unpaired) electrons. The number of aromatic carboxylic acids is 1. The lowest BCUT2D eigenvalue weighted by atomic mass is 9.91. The van der Waals surface area contributed by atoms with E-state index in [0.717, 1.165) is 56.6 Å². The van der Waals surface area contributed by atoms with Gasteiger partial charge in [0.25, 0.3) is 0 Å². The van der Waals surface area contributed by atoms with Crippen molar-refractivity contribution in [2.45, 2.75) is 64.5 Å². The van der Waals surface area contributed by atoms with Gasteiger partial charge in [-0.1, -0.05) is 33.1 Å². The number of hydrogen-bond acceptors (Lipinski definition) is 7. The van der Waals surface area contributed by atoms with Crippen molar-refractivity contribution in [3.8, 4) is 11.1 Å². The fraction of sp³-hybridized carbons (Fsp3) is 0.538. The number of pyridine rings is 2. The SMILES string of the molecule is COC1CCN(c2ccc(-c3cc(C(=O)O)nc(NC4CCCCC4)c3C(=N)C(C)C)cn2)C1. The lowest BCUT2D eigenvalue weighted by molar-refractivity contribution is 0.0690. The van der Waals surface area contributed by atoms with Crippen LogP contribution in [0.25, 0.3) is 11.1 Å². The summed E-state index contributed by atoms with van der Waals surface area (Å²) < 4.78 is 5.47. The van der Waals surface area contributed by atoms with Crippen LogP contribution in [0.3, 0.4) is 0 Å². The van der Waals surface area contributed by atoms with E-state index in [1.54, 1.807) is 19.4 Å². The fourth-order valence-electron chi connectivity index (χ4n) is 4.85. The van der Waals surface area contributed by atoms with E-state index in [1.165, 1.54) is 6.42 Å². The Balaban J connectivity index is 1.75. The first-order chi connectivity index (χ1) is 16.4. The molecule has 34 heavy (non-hydrogen) atoms. The summed E-state index contributed by atoms with van der Waals surface area (Å²) in [7, 11) is 1.73. The lowest BCUT2D eigenvalue weighted by Crippen LogP contribution is -2.26. The van der Waals surface area contributed by atoms with E-state index in [-0.39, 0.29) is 23.8 Å². The van der Waals surface area contributed by atoms with Crippen molar-refractivity contribution in [1.29, 1.82) is 5.41 Å². The monoisotopic (exact) mass is 465 g/mol. The summed E-state index contributed by atoms with van der Waals surface area (Å²) in [5.74, 6) is 0.248. The third kappa shape index (κ3) is 5.22.